The highest BCUT2D eigenvalue weighted by Gasteiger charge is 2.02. The maximum absolute atomic E-state index is 11.8. The lowest BCUT2D eigenvalue weighted by molar-refractivity contribution is -0.111. The largest absolute Gasteiger partial charge is 0.399 e. The Morgan fingerprint density at radius 1 is 1.32 bits per heavy atom. The molecule has 4 nitrogen and oxygen atoms in total. The molecule has 1 aromatic carbocycles. The van der Waals surface area contributed by atoms with E-state index in [0.29, 0.717) is 5.69 Å². The number of nitrogens with two attached hydrogens (primary N) is 1. The van der Waals surface area contributed by atoms with Gasteiger partial charge in [0.2, 0.25) is 5.91 Å². The second-order valence-electron chi connectivity index (χ2n) is 4.15. The second kappa shape index (κ2) is 5.82. The standard InChI is InChI=1S/C15H15N3O/c1-11-5-6-12(16)10-14(11)18-15(19)8-7-13-4-2-3-9-17-13/h2-10H,16H2,1H3,(H,18,19)/b8-7+. The van der Waals surface area contributed by atoms with Crippen molar-refractivity contribution in [3.63, 3.8) is 0 Å². The minimum Gasteiger partial charge on any atom is -0.399 e. The van der Waals surface area contributed by atoms with Gasteiger partial charge in [0.1, 0.15) is 0 Å². The topological polar surface area (TPSA) is 68.0 Å². The molecule has 19 heavy (non-hydrogen) atoms. The number of pyridine rings is 1. The highest BCUT2D eigenvalue weighted by Crippen LogP contribution is 2.18. The molecule has 0 aliphatic carbocycles. The molecule has 0 unspecified atom stereocenters. The number of anilines is 2. The molecule has 0 saturated carbocycles. The van der Waals surface area contributed by atoms with Crippen LogP contribution in [0.1, 0.15) is 11.3 Å². The van der Waals surface area contributed by atoms with Crippen LogP contribution in [0.15, 0.2) is 48.7 Å². The van der Waals surface area contributed by atoms with Crippen LogP contribution in [-0.2, 0) is 4.79 Å². The molecule has 0 fully saturated rings. The first-order valence-corrected chi connectivity index (χ1v) is 5.91. The molecule has 1 heterocycles. The smallest absolute Gasteiger partial charge is 0.248 e. The minimum absolute atomic E-state index is 0.209. The molecule has 4 heteroatoms. The van der Waals surface area contributed by atoms with E-state index in [1.165, 1.54) is 6.08 Å². The van der Waals surface area contributed by atoms with Gasteiger partial charge in [0, 0.05) is 23.6 Å². The Morgan fingerprint density at radius 2 is 2.16 bits per heavy atom. The maximum atomic E-state index is 11.8. The van der Waals surface area contributed by atoms with Gasteiger partial charge in [-0.2, -0.15) is 0 Å². The summed E-state index contributed by atoms with van der Waals surface area (Å²) in [6.07, 6.45) is 4.79. The number of hydrogen-bond donors (Lipinski definition) is 2. The predicted octanol–water partition coefficient (Wildman–Crippen LogP) is 2.62. The van der Waals surface area contributed by atoms with E-state index in [-0.39, 0.29) is 5.91 Å². The first-order valence-electron chi connectivity index (χ1n) is 5.91. The molecule has 0 radical (unpaired) electrons. The van der Waals surface area contributed by atoms with E-state index in [2.05, 4.69) is 10.3 Å². The van der Waals surface area contributed by atoms with E-state index in [1.807, 2.05) is 31.2 Å². The predicted molar refractivity (Wildman–Crippen MR) is 77.5 cm³/mol. The van der Waals surface area contributed by atoms with Crippen molar-refractivity contribution in [2.75, 3.05) is 11.1 Å². The van der Waals surface area contributed by atoms with Crippen molar-refractivity contribution in [1.82, 2.24) is 4.98 Å². The second-order valence-corrected chi connectivity index (χ2v) is 4.15. The van der Waals surface area contributed by atoms with Crippen LogP contribution in [0.5, 0.6) is 0 Å². The average Bonchev–Trinajstić information content (AvgIpc) is 2.42. The highest BCUT2D eigenvalue weighted by atomic mass is 16.1. The maximum Gasteiger partial charge on any atom is 0.248 e. The summed E-state index contributed by atoms with van der Waals surface area (Å²) in [6.45, 7) is 1.91. The van der Waals surface area contributed by atoms with Gasteiger partial charge in [0.25, 0.3) is 0 Å². The fourth-order valence-corrected chi connectivity index (χ4v) is 1.58. The van der Waals surface area contributed by atoms with Crippen molar-refractivity contribution >= 4 is 23.4 Å². The minimum atomic E-state index is -0.209. The number of benzene rings is 1. The van der Waals surface area contributed by atoms with Crippen LogP contribution < -0.4 is 11.1 Å². The Kier molecular flexibility index (Phi) is 3.93. The zero-order valence-electron chi connectivity index (χ0n) is 10.6. The lowest BCUT2D eigenvalue weighted by Gasteiger charge is -2.07. The van der Waals surface area contributed by atoms with Crippen LogP contribution in [-0.4, -0.2) is 10.9 Å². The molecule has 1 aromatic heterocycles. The number of aromatic nitrogens is 1. The van der Waals surface area contributed by atoms with Crippen LogP contribution in [0.25, 0.3) is 6.08 Å². The van der Waals surface area contributed by atoms with Crippen molar-refractivity contribution in [3.8, 4) is 0 Å². The van der Waals surface area contributed by atoms with E-state index in [9.17, 15) is 4.79 Å². The van der Waals surface area contributed by atoms with E-state index < -0.39 is 0 Å². The zero-order valence-corrected chi connectivity index (χ0v) is 10.6. The number of rotatable bonds is 3. The summed E-state index contributed by atoms with van der Waals surface area (Å²) < 4.78 is 0. The van der Waals surface area contributed by atoms with E-state index in [4.69, 9.17) is 5.73 Å². The Hall–Kier alpha value is -2.62. The lowest BCUT2D eigenvalue weighted by Crippen LogP contribution is -2.09. The number of carbonyl (C=O) groups excluding carboxylic acids is 1. The molecule has 0 aliphatic heterocycles. The molecule has 0 atom stereocenters. The summed E-state index contributed by atoms with van der Waals surface area (Å²) in [4.78, 5) is 15.9. The summed E-state index contributed by atoms with van der Waals surface area (Å²) in [7, 11) is 0. The molecule has 96 valence electrons. The van der Waals surface area contributed by atoms with Gasteiger partial charge in [0.05, 0.1) is 5.69 Å². The lowest BCUT2D eigenvalue weighted by atomic mass is 10.2. The van der Waals surface area contributed by atoms with Gasteiger partial charge >= 0.3 is 0 Å². The molecule has 2 rings (SSSR count). The number of amides is 1. The highest BCUT2D eigenvalue weighted by molar-refractivity contribution is 6.02. The fourth-order valence-electron chi connectivity index (χ4n) is 1.58. The van der Waals surface area contributed by atoms with Gasteiger partial charge in [-0.25, -0.2) is 0 Å². The van der Waals surface area contributed by atoms with Gasteiger partial charge < -0.3 is 11.1 Å². The molecule has 3 N–H and O–H groups in total. The number of nitrogens with zero attached hydrogens (tertiary/aromatic N) is 1. The zero-order chi connectivity index (χ0) is 13.7. The van der Waals surface area contributed by atoms with E-state index in [0.717, 1.165) is 16.9 Å². The normalized spacial score (nSPS) is 10.6. The SMILES string of the molecule is Cc1ccc(N)cc1NC(=O)/C=C/c1ccccn1. The number of hydrogen-bond acceptors (Lipinski definition) is 3. The summed E-state index contributed by atoms with van der Waals surface area (Å²) in [5, 5.41) is 2.79. The molecular weight excluding hydrogens is 238 g/mol. The van der Waals surface area contributed by atoms with Crippen molar-refractivity contribution in [3.05, 3.63) is 59.9 Å². The third-order valence-electron chi connectivity index (χ3n) is 2.61. The van der Waals surface area contributed by atoms with E-state index in [1.54, 1.807) is 24.4 Å². The van der Waals surface area contributed by atoms with Crippen LogP contribution in [0.2, 0.25) is 0 Å². The van der Waals surface area contributed by atoms with Crippen LogP contribution >= 0.6 is 0 Å². The number of nitrogens with one attached hydrogen (secondary N) is 1. The summed E-state index contributed by atoms with van der Waals surface area (Å²) in [5.41, 5.74) is 8.73. The Bertz CT molecular complexity index is 606. The van der Waals surface area contributed by atoms with Gasteiger partial charge in [-0.3, -0.25) is 9.78 Å². The average molecular weight is 253 g/mol. The summed E-state index contributed by atoms with van der Waals surface area (Å²) >= 11 is 0. The fraction of sp³-hybridized carbons (Fsp3) is 0.0667. The van der Waals surface area contributed by atoms with Crippen LogP contribution in [0.3, 0.4) is 0 Å². The molecule has 1 amide bonds. The first kappa shape index (κ1) is 12.8. The number of carbonyl (C=O) groups is 1. The van der Waals surface area contributed by atoms with Gasteiger partial charge in [-0.1, -0.05) is 12.1 Å². The summed E-state index contributed by atoms with van der Waals surface area (Å²) in [5.74, 6) is -0.209. The Balaban J connectivity index is 2.06. The monoisotopic (exact) mass is 253 g/mol. The van der Waals surface area contributed by atoms with Crippen molar-refractivity contribution in [2.45, 2.75) is 6.92 Å². The first-order chi connectivity index (χ1) is 9.15. The molecule has 0 saturated heterocycles. The molecule has 2 aromatic rings. The van der Waals surface area contributed by atoms with Crippen LogP contribution in [0.4, 0.5) is 11.4 Å². The Morgan fingerprint density at radius 3 is 2.89 bits per heavy atom. The number of nitrogen functional groups attached to an aromatic ring is 1. The Labute approximate surface area is 112 Å². The third kappa shape index (κ3) is 3.67. The van der Waals surface area contributed by atoms with Gasteiger partial charge in [0.15, 0.2) is 0 Å². The van der Waals surface area contributed by atoms with Crippen molar-refractivity contribution in [2.24, 2.45) is 0 Å². The van der Waals surface area contributed by atoms with Gasteiger partial charge in [-0.15, -0.1) is 0 Å². The number of aryl methyl sites for hydroxylation is 1. The summed E-state index contributed by atoms with van der Waals surface area (Å²) in [6, 6.07) is 10.9. The molecule has 0 bridgehead atoms. The van der Waals surface area contributed by atoms with Crippen molar-refractivity contribution in [1.29, 1.82) is 0 Å². The third-order valence-corrected chi connectivity index (χ3v) is 2.61. The van der Waals surface area contributed by atoms with Crippen molar-refractivity contribution < 1.29 is 4.79 Å². The molecule has 0 aliphatic rings. The quantitative estimate of drug-likeness (QED) is 0.652. The van der Waals surface area contributed by atoms with Gasteiger partial charge in [-0.05, 0) is 42.8 Å². The molecule has 0 spiro atoms. The molecular formula is C15H15N3O. The van der Waals surface area contributed by atoms with Crippen LogP contribution in [0, 0.1) is 6.92 Å². The van der Waals surface area contributed by atoms with E-state index >= 15 is 0 Å².